The highest BCUT2D eigenvalue weighted by Gasteiger charge is 2.18. The van der Waals surface area contributed by atoms with Gasteiger partial charge in [-0.2, -0.15) is 0 Å². The monoisotopic (exact) mass is 410 g/mol. The van der Waals surface area contributed by atoms with Gasteiger partial charge < -0.3 is 20.1 Å². The number of halogens is 2. The van der Waals surface area contributed by atoms with Crippen LogP contribution < -0.4 is 20.1 Å². The van der Waals surface area contributed by atoms with Crippen LogP contribution in [0.3, 0.4) is 0 Å². The smallest absolute Gasteiger partial charge is 0.319 e. The van der Waals surface area contributed by atoms with Crippen LogP contribution in [0.2, 0.25) is 0 Å². The third-order valence-corrected chi connectivity index (χ3v) is 4.77. The van der Waals surface area contributed by atoms with Gasteiger partial charge in [0.2, 0.25) is 6.79 Å². The lowest BCUT2D eigenvalue weighted by Crippen LogP contribution is -2.40. The predicted molar refractivity (Wildman–Crippen MR) is 109 cm³/mol. The number of hydrogen-bond acceptors (Lipinski definition) is 3. The maximum Gasteiger partial charge on any atom is 0.319 e. The highest BCUT2D eigenvalue weighted by atomic mass is 19.1. The number of nitrogens with one attached hydrogen (secondary N) is 2. The lowest BCUT2D eigenvalue weighted by molar-refractivity contribution is 0.174. The van der Waals surface area contributed by atoms with Gasteiger partial charge in [0, 0.05) is 6.04 Å². The molecule has 4 rings (SSSR count). The van der Waals surface area contributed by atoms with Crippen molar-refractivity contribution in [3.8, 4) is 11.5 Å². The Morgan fingerprint density at radius 1 is 0.900 bits per heavy atom. The highest BCUT2D eigenvalue weighted by molar-refractivity contribution is 5.89. The number of urea groups is 1. The van der Waals surface area contributed by atoms with Crippen LogP contribution in [0, 0.1) is 11.6 Å². The molecule has 1 heterocycles. The van der Waals surface area contributed by atoms with E-state index in [9.17, 15) is 13.6 Å². The zero-order chi connectivity index (χ0) is 20.9. The molecule has 7 heteroatoms. The first kappa shape index (κ1) is 19.7. The summed E-state index contributed by atoms with van der Waals surface area (Å²) in [5, 5.41) is 5.42. The second-order valence-electron chi connectivity index (χ2n) is 7.00. The van der Waals surface area contributed by atoms with Crippen LogP contribution in [0.15, 0.2) is 66.7 Å². The van der Waals surface area contributed by atoms with E-state index in [2.05, 4.69) is 10.6 Å². The topological polar surface area (TPSA) is 59.6 Å². The first-order chi connectivity index (χ1) is 14.6. The number of fused-ring (bicyclic) bond motifs is 1. The van der Waals surface area contributed by atoms with Crippen molar-refractivity contribution in [1.29, 1.82) is 0 Å². The molecule has 0 unspecified atom stereocenters. The van der Waals surface area contributed by atoms with Crippen molar-refractivity contribution in [2.24, 2.45) is 0 Å². The number of benzene rings is 3. The van der Waals surface area contributed by atoms with Gasteiger partial charge in [-0.05, 0) is 60.4 Å². The number of rotatable bonds is 6. The van der Waals surface area contributed by atoms with Gasteiger partial charge in [-0.1, -0.05) is 30.3 Å². The van der Waals surface area contributed by atoms with Crippen molar-refractivity contribution >= 4 is 11.7 Å². The van der Waals surface area contributed by atoms with E-state index >= 15 is 0 Å². The molecule has 0 aromatic heterocycles. The largest absolute Gasteiger partial charge is 0.454 e. The van der Waals surface area contributed by atoms with Gasteiger partial charge in [-0.15, -0.1) is 0 Å². The summed E-state index contributed by atoms with van der Waals surface area (Å²) in [6.45, 7) is 0.182. The van der Waals surface area contributed by atoms with Crippen molar-refractivity contribution in [2.45, 2.75) is 18.9 Å². The van der Waals surface area contributed by atoms with Gasteiger partial charge >= 0.3 is 6.03 Å². The van der Waals surface area contributed by atoms with Crippen LogP contribution >= 0.6 is 0 Å². The Kier molecular flexibility index (Phi) is 5.79. The predicted octanol–water partition coefficient (Wildman–Crippen LogP) is 4.67. The minimum absolute atomic E-state index is 0.0959. The molecule has 1 atom stereocenters. The average Bonchev–Trinajstić information content (AvgIpc) is 3.19. The number of carbonyl (C=O) groups is 1. The molecule has 5 nitrogen and oxygen atoms in total. The molecule has 0 aliphatic carbocycles. The van der Waals surface area contributed by atoms with Crippen LogP contribution in [-0.4, -0.2) is 18.9 Å². The summed E-state index contributed by atoms with van der Waals surface area (Å²) in [6.07, 6.45) is 0.970. The highest BCUT2D eigenvalue weighted by Crippen LogP contribution is 2.33. The average molecular weight is 410 g/mol. The maximum absolute atomic E-state index is 13.8. The molecule has 154 valence electrons. The molecule has 1 aliphatic heterocycles. The fourth-order valence-corrected chi connectivity index (χ4v) is 3.34. The molecule has 1 aliphatic rings. The summed E-state index contributed by atoms with van der Waals surface area (Å²) in [6, 6.07) is 16.8. The maximum atomic E-state index is 13.8. The molecule has 2 amide bonds. The Balaban J connectivity index is 1.49. The molecule has 30 heavy (non-hydrogen) atoms. The Morgan fingerprint density at radius 3 is 2.40 bits per heavy atom. The summed E-state index contributed by atoms with van der Waals surface area (Å²) < 4.78 is 37.8. The van der Waals surface area contributed by atoms with Crippen LogP contribution in [0.25, 0.3) is 0 Å². The second-order valence-corrected chi connectivity index (χ2v) is 7.00. The summed E-state index contributed by atoms with van der Waals surface area (Å²) in [4.78, 5) is 12.5. The Hall–Kier alpha value is -3.61. The number of hydrogen-bond donors (Lipinski definition) is 2. The molecular weight excluding hydrogens is 390 g/mol. The summed E-state index contributed by atoms with van der Waals surface area (Å²) in [5.41, 5.74) is 1.91. The van der Waals surface area contributed by atoms with Crippen LogP contribution in [0.5, 0.6) is 11.5 Å². The van der Waals surface area contributed by atoms with Crippen molar-refractivity contribution in [2.75, 3.05) is 12.1 Å². The molecule has 0 bridgehead atoms. The first-order valence-electron chi connectivity index (χ1n) is 9.52. The first-order valence-corrected chi connectivity index (χ1v) is 9.52. The third kappa shape index (κ3) is 4.86. The fraction of sp³-hybridized carbons (Fsp3) is 0.174. The molecular formula is C23H20F2N2O3. The van der Waals surface area contributed by atoms with E-state index in [1.165, 1.54) is 24.3 Å². The summed E-state index contributed by atoms with van der Waals surface area (Å²) in [7, 11) is 0. The summed E-state index contributed by atoms with van der Waals surface area (Å²) in [5.74, 6) is 0.498. The van der Waals surface area contributed by atoms with E-state index in [0.29, 0.717) is 24.3 Å². The molecule has 2 N–H and O–H groups in total. The van der Waals surface area contributed by atoms with Gasteiger partial charge in [-0.3, -0.25) is 0 Å². The quantitative estimate of drug-likeness (QED) is 0.621. The van der Waals surface area contributed by atoms with Crippen LogP contribution in [0.4, 0.5) is 19.3 Å². The Morgan fingerprint density at radius 2 is 1.60 bits per heavy atom. The van der Waals surface area contributed by atoms with Gasteiger partial charge in [-0.25, -0.2) is 13.6 Å². The van der Waals surface area contributed by atoms with E-state index < -0.39 is 11.8 Å². The molecule has 3 aromatic rings. The number of amides is 2. The number of carbonyl (C=O) groups excluding carboxylic acids is 1. The third-order valence-electron chi connectivity index (χ3n) is 4.77. The van der Waals surface area contributed by atoms with E-state index in [-0.39, 0.29) is 24.3 Å². The van der Waals surface area contributed by atoms with Crippen LogP contribution in [0.1, 0.15) is 11.1 Å². The number of para-hydroxylation sites is 1. The van der Waals surface area contributed by atoms with E-state index in [1.54, 1.807) is 24.3 Å². The van der Waals surface area contributed by atoms with Gasteiger partial charge in [0.15, 0.2) is 11.5 Å². The normalized spacial score (nSPS) is 13.0. The van der Waals surface area contributed by atoms with E-state index in [1.807, 2.05) is 18.2 Å². The zero-order valence-corrected chi connectivity index (χ0v) is 16.0. The van der Waals surface area contributed by atoms with E-state index in [4.69, 9.17) is 9.47 Å². The Bertz CT molecular complexity index is 1040. The SMILES string of the molecule is O=C(Nc1ccccc1F)N[C@@H](Cc1ccc(F)cc1)Cc1ccc2c(c1)OCO2. The zero-order valence-electron chi connectivity index (χ0n) is 16.0. The molecule has 0 saturated heterocycles. The van der Waals surface area contributed by atoms with Gasteiger partial charge in [0.05, 0.1) is 5.69 Å². The lowest BCUT2D eigenvalue weighted by atomic mass is 9.98. The fourth-order valence-electron chi connectivity index (χ4n) is 3.34. The minimum atomic E-state index is -0.520. The standard InChI is InChI=1S/C23H20F2N2O3/c24-17-8-5-15(6-9-17)11-18(12-16-7-10-21-22(13-16)30-14-29-21)26-23(28)27-20-4-2-1-3-19(20)25/h1-10,13,18H,11-12,14H2,(H2,26,27,28)/t18-/m0/s1. The molecule has 0 fully saturated rings. The van der Waals surface area contributed by atoms with Crippen LogP contribution in [-0.2, 0) is 12.8 Å². The number of anilines is 1. The Labute approximate surface area is 172 Å². The van der Waals surface area contributed by atoms with Crippen molar-refractivity contribution in [3.63, 3.8) is 0 Å². The molecule has 0 radical (unpaired) electrons. The summed E-state index contributed by atoms with van der Waals surface area (Å²) >= 11 is 0. The molecule has 0 spiro atoms. The minimum Gasteiger partial charge on any atom is -0.454 e. The van der Waals surface area contributed by atoms with Gasteiger partial charge in [0.1, 0.15) is 11.6 Å². The second kappa shape index (κ2) is 8.82. The van der Waals surface area contributed by atoms with Crippen molar-refractivity contribution < 1.29 is 23.0 Å². The van der Waals surface area contributed by atoms with Crippen molar-refractivity contribution in [1.82, 2.24) is 5.32 Å². The molecule has 0 saturated carbocycles. The number of ether oxygens (including phenoxy) is 2. The molecule has 3 aromatic carbocycles. The van der Waals surface area contributed by atoms with E-state index in [0.717, 1.165) is 11.1 Å². The van der Waals surface area contributed by atoms with Crippen molar-refractivity contribution in [3.05, 3.63) is 89.5 Å². The lowest BCUT2D eigenvalue weighted by Gasteiger charge is -2.20. The van der Waals surface area contributed by atoms with Gasteiger partial charge in [0.25, 0.3) is 0 Å².